The summed E-state index contributed by atoms with van der Waals surface area (Å²) >= 11 is 0. The third-order valence-corrected chi connectivity index (χ3v) is 5.40. The molecule has 1 saturated carbocycles. The molecule has 2 heterocycles. The van der Waals surface area contributed by atoms with Crippen molar-refractivity contribution in [2.24, 2.45) is 5.92 Å². The molecular formula is C16H23N3O5. The number of hydrogen-bond donors (Lipinski definition) is 2. The Balaban J connectivity index is 1.78. The third-order valence-electron chi connectivity index (χ3n) is 5.40. The molecule has 0 spiro atoms. The van der Waals surface area contributed by atoms with Gasteiger partial charge in [-0.1, -0.05) is 12.8 Å². The fourth-order valence-electron chi connectivity index (χ4n) is 4.22. The summed E-state index contributed by atoms with van der Waals surface area (Å²) in [6.07, 6.45) is 4.18. The van der Waals surface area contributed by atoms with Crippen LogP contribution in [0.2, 0.25) is 0 Å². The predicted octanol–water partition coefficient (Wildman–Crippen LogP) is 0.561. The van der Waals surface area contributed by atoms with Gasteiger partial charge in [-0.15, -0.1) is 0 Å². The quantitative estimate of drug-likeness (QED) is 0.732. The molecule has 2 N–H and O–H groups in total. The Hall–Kier alpha value is -2.12. The minimum Gasteiger partial charge on any atom is -0.480 e. The van der Waals surface area contributed by atoms with Crippen LogP contribution in [0.15, 0.2) is 0 Å². The summed E-state index contributed by atoms with van der Waals surface area (Å²) in [6, 6.07) is -1.56. The number of aliphatic carboxylic acids is 1. The zero-order valence-corrected chi connectivity index (χ0v) is 13.9. The summed E-state index contributed by atoms with van der Waals surface area (Å²) in [5.41, 5.74) is -1.04. The van der Waals surface area contributed by atoms with Crippen molar-refractivity contribution in [3.8, 4) is 0 Å². The Morgan fingerprint density at radius 3 is 2.50 bits per heavy atom. The number of fused-ring (bicyclic) bond motifs is 1. The standard InChI is InChI=1S/C16H23N3O5/c1-16(2)14(23)18(15(24)17-16)8-12(20)19-10-6-4-3-5-9(10)7-11(19)13(21)22/h9-11H,3-8H2,1-2H3,(H,17,24)(H,21,22). The highest BCUT2D eigenvalue weighted by Crippen LogP contribution is 2.40. The topological polar surface area (TPSA) is 107 Å². The van der Waals surface area contributed by atoms with Gasteiger partial charge in [-0.2, -0.15) is 0 Å². The van der Waals surface area contributed by atoms with Crippen LogP contribution in [0.4, 0.5) is 4.79 Å². The van der Waals surface area contributed by atoms with Crippen molar-refractivity contribution in [3.63, 3.8) is 0 Å². The van der Waals surface area contributed by atoms with Crippen molar-refractivity contribution >= 4 is 23.8 Å². The van der Waals surface area contributed by atoms with Gasteiger partial charge in [-0.25, -0.2) is 9.59 Å². The van der Waals surface area contributed by atoms with E-state index >= 15 is 0 Å². The van der Waals surface area contributed by atoms with Gasteiger partial charge in [0.15, 0.2) is 0 Å². The molecule has 2 aliphatic heterocycles. The normalized spacial score (nSPS) is 31.8. The fourth-order valence-corrected chi connectivity index (χ4v) is 4.22. The second kappa shape index (κ2) is 5.75. The molecule has 0 aromatic carbocycles. The first-order valence-corrected chi connectivity index (χ1v) is 8.40. The fraction of sp³-hybridized carbons (Fsp3) is 0.750. The first-order valence-electron chi connectivity index (χ1n) is 8.40. The van der Waals surface area contributed by atoms with Crippen molar-refractivity contribution in [1.82, 2.24) is 15.1 Å². The number of nitrogens with one attached hydrogen (secondary N) is 1. The lowest BCUT2D eigenvalue weighted by molar-refractivity contribution is -0.150. The van der Waals surface area contributed by atoms with Crippen molar-refractivity contribution < 1.29 is 24.3 Å². The summed E-state index contributed by atoms with van der Waals surface area (Å²) < 4.78 is 0. The Morgan fingerprint density at radius 2 is 1.92 bits per heavy atom. The van der Waals surface area contributed by atoms with E-state index < -0.39 is 41.9 Å². The maximum absolute atomic E-state index is 12.8. The van der Waals surface area contributed by atoms with Crippen LogP contribution in [-0.4, -0.2) is 62.9 Å². The van der Waals surface area contributed by atoms with E-state index in [1.807, 2.05) is 0 Å². The van der Waals surface area contributed by atoms with Crippen molar-refractivity contribution in [3.05, 3.63) is 0 Å². The van der Waals surface area contributed by atoms with Crippen LogP contribution in [-0.2, 0) is 14.4 Å². The van der Waals surface area contributed by atoms with E-state index in [1.54, 1.807) is 13.8 Å². The van der Waals surface area contributed by atoms with Gasteiger partial charge >= 0.3 is 12.0 Å². The number of likely N-dealkylation sites (tertiary alicyclic amines) is 1. The molecule has 8 heteroatoms. The van der Waals surface area contributed by atoms with Gasteiger partial charge in [0, 0.05) is 6.04 Å². The maximum atomic E-state index is 12.8. The molecule has 0 aromatic heterocycles. The monoisotopic (exact) mass is 337 g/mol. The minimum absolute atomic E-state index is 0.0962. The largest absolute Gasteiger partial charge is 0.480 e. The van der Waals surface area contributed by atoms with Gasteiger partial charge in [-0.3, -0.25) is 14.5 Å². The summed E-state index contributed by atoms with van der Waals surface area (Å²) in [4.78, 5) is 50.8. The molecular weight excluding hydrogens is 314 g/mol. The Labute approximate surface area is 140 Å². The lowest BCUT2D eigenvalue weighted by Crippen LogP contribution is -2.51. The molecule has 2 saturated heterocycles. The molecule has 0 bridgehead atoms. The Morgan fingerprint density at radius 1 is 1.25 bits per heavy atom. The number of imide groups is 1. The van der Waals surface area contributed by atoms with Crippen LogP contribution in [0.25, 0.3) is 0 Å². The average Bonchev–Trinajstić information content (AvgIpc) is 2.98. The number of amides is 4. The van der Waals surface area contributed by atoms with Gasteiger partial charge in [0.2, 0.25) is 5.91 Å². The number of carboxylic acids is 1. The van der Waals surface area contributed by atoms with E-state index in [-0.39, 0.29) is 12.0 Å². The molecule has 4 amide bonds. The van der Waals surface area contributed by atoms with Gasteiger partial charge in [-0.05, 0) is 39.0 Å². The number of urea groups is 1. The van der Waals surface area contributed by atoms with E-state index in [4.69, 9.17) is 0 Å². The van der Waals surface area contributed by atoms with Crippen LogP contribution < -0.4 is 5.32 Å². The maximum Gasteiger partial charge on any atom is 0.326 e. The average molecular weight is 337 g/mol. The highest BCUT2D eigenvalue weighted by atomic mass is 16.4. The number of carbonyl (C=O) groups excluding carboxylic acids is 3. The van der Waals surface area contributed by atoms with Crippen molar-refractivity contribution in [2.45, 2.75) is 63.6 Å². The van der Waals surface area contributed by atoms with Crippen LogP contribution >= 0.6 is 0 Å². The van der Waals surface area contributed by atoms with E-state index in [9.17, 15) is 24.3 Å². The lowest BCUT2D eigenvalue weighted by atomic mass is 9.85. The molecule has 3 unspecified atom stereocenters. The number of nitrogens with zero attached hydrogens (tertiary/aromatic N) is 2. The molecule has 24 heavy (non-hydrogen) atoms. The Kier molecular flexibility index (Phi) is 4.01. The molecule has 3 rings (SSSR count). The SMILES string of the molecule is CC1(C)NC(=O)N(CC(=O)N2C(C(=O)O)CC3CCCCC32)C1=O. The summed E-state index contributed by atoms with van der Waals surface area (Å²) in [5, 5.41) is 12.0. The predicted molar refractivity (Wildman–Crippen MR) is 83.0 cm³/mol. The van der Waals surface area contributed by atoms with Crippen molar-refractivity contribution in [1.29, 1.82) is 0 Å². The first kappa shape index (κ1) is 16.7. The van der Waals surface area contributed by atoms with Gasteiger partial charge < -0.3 is 15.3 Å². The van der Waals surface area contributed by atoms with Crippen molar-refractivity contribution in [2.75, 3.05) is 6.54 Å². The second-order valence-electron chi connectivity index (χ2n) is 7.45. The van der Waals surface area contributed by atoms with Gasteiger partial charge in [0.1, 0.15) is 18.1 Å². The highest BCUT2D eigenvalue weighted by molar-refractivity contribution is 6.08. The van der Waals surface area contributed by atoms with E-state index in [1.165, 1.54) is 4.90 Å². The summed E-state index contributed by atoms with van der Waals surface area (Å²) in [7, 11) is 0. The first-order chi connectivity index (χ1) is 11.2. The van der Waals surface area contributed by atoms with E-state index in [2.05, 4.69) is 5.32 Å². The molecule has 1 aliphatic carbocycles. The van der Waals surface area contributed by atoms with Crippen LogP contribution in [0.1, 0.15) is 46.0 Å². The molecule has 3 aliphatic rings. The molecule has 132 valence electrons. The zero-order chi connectivity index (χ0) is 17.6. The molecule has 3 fully saturated rings. The van der Waals surface area contributed by atoms with E-state index in [0.29, 0.717) is 6.42 Å². The Bertz CT molecular complexity index is 603. The second-order valence-corrected chi connectivity index (χ2v) is 7.45. The van der Waals surface area contributed by atoms with Gasteiger partial charge in [0.25, 0.3) is 5.91 Å². The number of carbonyl (C=O) groups is 4. The van der Waals surface area contributed by atoms with Gasteiger partial charge in [0.05, 0.1) is 0 Å². The third kappa shape index (κ3) is 2.63. The lowest BCUT2D eigenvalue weighted by Gasteiger charge is -2.33. The number of carboxylic acid groups (broad SMARTS) is 1. The molecule has 0 radical (unpaired) electrons. The molecule has 8 nitrogen and oxygen atoms in total. The van der Waals surface area contributed by atoms with Crippen LogP contribution in [0, 0.1) is 5.92 Å². The summed E-state index contributed by atoms with van der Waals surface area (Å²) in [6.45, 7) is 2.75. The smallest absolute Gasteiger partial charge is 0.326 e. The minimum atomic E-state index is -1.04. The zero-order valence-electron chi connectivity index (χ0n) is 13.9. The number of rotatable bonds is 3. The number of hydrogen-bond acceptors (Lipinski definition) is 4. The van der Waals surface area contributed by atoms with E-state index in [0.717, 1.165) is 30.6 Å². The van der Waals surface area contributed by atoms with Crippen LogP contribution in [0.3, 0.4) is 0 Å². The highest BCUT2D eigenvalue weighted by Gasteiger charge is 2.50. The molecule has 0 aromatic rings. The van der Waals surface area contributed by atoms with Crippen LogP contribution in [0.5, 0.6) is 0 Å². The summed E-state index contributed by atoms with van der Waals surface area (Å²) in [5.74, 6) is -1.75. The molecule has 3 atom stereocenters.